The fourth-order valence-corrected chi connectivity index (χ4v) is 3.38. The Labute approximate surface area is 155 Å². The topological polar surface area (TPSA) is 37.3 Å². The molecule has 2 nitrogen and oxygen atoms in total. The molecular weight excluding hydrogens is 308 g/mol. The molecule has 0 amide bonds. The fourth-order valence-electron chi connectivity index (χ4n) is 3.38. The molecule has 0 spiro atoms. The average Bonchev–Trinajstić information content (AvgIpc) is 2.56. The van der Waals surface area contributed by atoms with Crippen LogP contribution in [0.4, 0.5) is 0 Å². The van der Waals surface area contributed by atoms with E-state index >= 15 is 0 Å². The van der Waals surface area contributed by atoms with Crippen LogP contribution in [0.1, 0.15) is 119 Å². The standard InChI is InChI=1S/C23H38O2/c1-5-6-7-8-9-10-11-12-13-14-15-22(24)21-17-20(18(2)3)23(25)16-19(21)4/h16-18,25H,5-15H2,1-4H3. The van der Waals surface area contributed by atoms with Crippen LogP contribution in [0.25, 0.3) is 0 Å². The van der Waals surface area contributed by atoms with E-state index in [0.29, 0.717) is 12.2 Å². The van der Waals surface area contributed by atoms with Crippen molar-refractivity contribution < 1.29 is 9.90 Å². The van der Waals surface area contributed by atoms with E-state index in [4.69, 9.17) is 0 Å². The molecule has 1 aromatic carbocycles. The van der Waals surface area contributed by atoms with Crippen molar-refractivity contribution >= 4 is 5.78 Å². The van der Waals surface area contributed by atoms with Gasteiger partial charge in [-0.3, -0.25) is 4.79 Å². The number of phenolic OH excluding ortho intramolecular Hbond substituents is 1. The molecule has 0 aromatic heterocycles. The van der Waals surface area contributed by atoms with Crippen molar-refractivity contribution in [1.82, 2.24) is 0 Å². The molecule has 1 aromatic rings. The first kappa shape index (κ1) is 21.7. The molecule has 1 N–H and O–H groups in total. The second-order valence-electron chi connectivity index (χ2n) is 7.74. The summed E-state index contributed by atoms with van der Waals surface area (Å²) < 4.78 is 0. The van der Waals surface area contributed by atoms with Gasteiger partial charge in [-0.1, -0.05) is 78.6 Å². The van der Waals surface area contributed by atoms with Gasteiger partial charge in [0.2, 0.25) is 0 Å². The van der Waals surface area contributed by atoms with Gasteiger partial charge in [-0.05, 0) is 42.5 Å². The van der Waals surface area contributed by atoms with Crippen LogP contribution in [0.3, 0.4) is 0 Å². The highest BCUT2D eigenvalue weighted by molar-refractivity contribution is 5.97. The van der Waals surface area contributed by atoms with Gasteiger partial charge in [-0.2, -0.15) is 0 Å². The van der Waals surface area contributed by atoms with Gasteiger partial charge in [0.05, 0.1) is 0 Å². The normalized spacial score (nSPS) is 11.2. The third kappa shape index (κ3) is 8.07. The van der Waals surface area contributed by atoms with Gasteiger partial charge in [0, 0.05) is 12.0 Å². The van der Waals surface area contributed by atoms with E-state index in [1.54, 1.807) is 6.07 Å². The molecule has 0 fully saturated rings. The minimum absolute atomic E-state index is 0.221. The number of rotatable bonds is 13. The highest BCUT2D eigenvalue weighted by Gasteiger charge is 2.14. The molecule has 0 aliphatic heterocycles. The second-order valence-corrected chi connectivity index (χ2v) is 7.74. The second kappa shape index (κ2) is 12.1. The molecule has 0 atom stereocenters. The van der Waals surface area contributed by atoms with E-state index in [2.05, 4.69) is 6.92 Å². The highest BCUT2D eigenvalue weighted by Crippen LogP contribution is 2.29. The van der Waals surface area contributed by atoms with E-state index < -0.39 is 0 Å². The molecule has 0 heterocycles. The molecule has 1 rings (SSSR count). The highest BCUT2D eigenvalue weighted by atomic mass is 16.3. The van der Waals surface area contributed by atoms with Crippen molar-refractivity contribution in [2.24, 2.45) is 0 Å². The Hall–Kier alpha value is -1.31. The summed E-state index contributed by atoms with van der Waals surface area (Å²) in [6.45, 7) is 8.25. The van der Waals surface area contributed by atoms with Crippen molar-refractivity contribution in [2.45, 2.75) is 104 Å². The Bertz CT molecular complexity index is 517. The number of carbonyl (C=O) groups is 1. The van der Waals surface area contributed by atoms with E-state index in [-0.39, 0.29) is 11.7 Å². The van der Waals surface area contributed by atoms with E-state index in [0.717, 1.165) is 29.5 Å². The van der Waals surface area contributed by atoms with Crippen molar-refractivity contribution in [3.05, 3.63) is 28.8 Å². The number of aromatic hydroxyl groups is 1. The fraction of sp³-hybridized carbons (Fsp3) is 0.696. The maximum absolute atomic E-state index is 12.5. The number of Topliss-reactive ketones (excluding diaryl/α,β-unsaturated/α-hetero) is 1. The number of hydrogen-bond acceptors (Lipinski definition) is 2. The van der Waals surface area contributed by atoms with Crippen LogP contribution < -0.4 is 0 Å². The number of aryl methyl sites for hydroxylation is 1. The van der Waals surface area contributed by atoms with Crippen molar-refractivity contribution in [3.8, 4) is 5.75 Å². The van der Waals surface area contributed by atoms with E-state index in [1.165, 1.54) is 51.4 Å². The lowest BCUT2D eigenvalue weighted by atomic mass is 9.93. The van der Waals surface area contributed by atoms with Gasteiger partial charge in [0.1, 0.15) is 5.75 Å². The summed E-state index contributed by atoms with van der Waals surface area (Å²) in [4.78, 5) is 12.5. The number of unbranched alkanes of at least 4 members (excludes halogenated alkanes) is 9. The molecule has 142 valence electrons. The van der Waals surface area contributed by atoms with Crippen molar-refractivity contribution in [2.75, 3.05) is 0 Å². The number of ketones is 1. The molecular formula is C23H38O2. The number of hydrogen-bond donors (Lipinski definition) is 1. The molecule has 0 radical (unpaired) electrons. The Morgan fingerprint density at radius 2 is 1.44 bits per heavy atom. The molecule has 0 bridgehead atoms. The Kier molecular flexibility index (Phi) is 10.5. The van der Waals surface area contributed by atoms with Gasteiger partial charge < -0.3 is 5.11 Å². The Morgan fingerprint density at radius 1 is 0.920 bits per heavy atom. The molecule has 25 heavy (non-hydrogen) atoms. The van der Waals surface area contributed by atoms with Gasteiger partial charge in [-0.25, -0.2) is 0 Å². The van der Waals surface area contributed by atoms with Crippen molar-refractivity contribution in [1.29, 1.82) is 0 Å². The molecule has 0 unspecified atom stereocenters. The summed E-state index contributed by atoms with van der Waals surface area (Å²) in [5.41, 5.74) is 2.55. The zero-order valence-corrected chi connectivity index (χ0v) is 16.9. The van der Waals surface area contributed by atoms with Crippen LogP contribution in [-0.4, -0.2) is 10.9 Å². The van der Waals surface area contributed by atoms with Crippen LogP contribution in [0, 0.1) is 6.92 Å². The largest absolute Gasteiger partial charge is 0.508 e. The summed E-state index contributed by atoms with van der Waals surface area (Å²) in [5, 5.41) is 10.0. The van der Waals surface area contributed by atoms with Crippen LogP contribution in [0.15, 0.2) is 12.1 Å². The lowest BCUT2D eigenvalue weighted by Crippen LogP contribution is -2.04. The van der Waals surface area contributed by atoms with Gasteiger partial charge in [-0.15, -0.1) is 0 Å². The van der Waals surface area contributed by atoms with Gasteiger partial charge in [0.25, 0.3) is 0 Å². The monoisotopic (exact) mass is 346 g/mol. The molecule has 0 saturated carbocycles. The van der Waals surface area contributed by atoms with Crippen LogP contribution >= 0.6 is 0 Å². The predicted octanol–water partition coefficient (Wildman–Crippen LogP) is 7.32. The van der Waals surface area contributed by atoms with E-state index in [9.17, 15) is 9.90 Å². The maximum atomic E-state index is 12.5. The lowest BCUT2D eigenvalue weighted by molar-refractivity contribution is 0.0978. The first-order chi connectivity index (χ1) is 12.0. The zero-order valence-electron chi connectivity index (χ0n) is 16.9. The number of carbonyl (C=O) groups excluding carboxylic acids is 1. The summed E-state index contributed by atoms with van der Waals surface area (Å²) in [7, 11) is 0. The maximum Gasteiger partial charge on any atom is 0.163 e. The Balaban J connectivity index is 2.28. The number of benzene rings is 1. The lowest BCUT2D eigenvalue weighted by Gasteiger charge is -2.13. The number of phenols is 1. The van der Waals surface area contributed by atoms with Crippen LogP contribution in [0.2, 0.25) is 0 Å². The Morgan fingerprint density at radius 3 is 1.96 bits per heavy atom. The van der Waals surface area contributed by atoms with E-state index in [1.807, 2.05) is 26.8 Å². The van der Waals surface area contributed by atoms with Gasteiger partial charge >= 0.3 is 0 Å². The summed E-state index contributed by atoms with van der Waals surface area (Å²) in [5.74, 6) is 0.756. The van der Waals surface area contributed by atoms with Crippen LogP contribution in [-0.2, 0) is 0 Å². The summed E-state index contributed by atoms with van der Waals surface area (Å²) in [6, 6.07) is 3.63. The first-order valence-electron chi connectivity index (χ1n) is 10.3. The predicted molar refractivity (Wildman–Crippen MR) is 108 cm³/mol. The first-order valence-corrected chi connectivity index (χ1v) is 10.3. The third-order valence-electron chi connectivity index (χ3n) is 5.05. The minimum atomic E-state index is 0.221. The van der Waals surface area contributed by atoms with Gasteiger partial charge in [0.15, 0.2) is 5.78 Å². The van der Waals surface area contributed by atoms with Crippen LogP contribution in [0.5, 0.6) is 5.75 Å². The summed E-state index contributed by atoms with van der Waals surface area (Å²) >= 11 is 0. The average molecular weight is 347 g/mol. The molecule has 0 aliphatic carbocycles. The summed E-state index contributed by atoms with van der Waals surface area (Å²) in [6.07, 6.45) is 13.4. The molecule has 0 saturated heterocycles. The SMILES string of the molecule is CCCCCCCCCCCCC(=O)c1cc(C(C)C)c(O)cc1C. The quantitative estimate of drug-likeness (QED) is 0.300. The third-order valence-corrected chi connectivity index (χ3v) is 5.05. The minimum Gasteiger partial charge on any atom is -0.508 e. The van der Waals surface area contributed by atoms with Crippen molar-refractivity contribution in [3.63, 3.8) is 0 Å². The smallest absolute Gasteiger partial charge is 0.163 e. The molecule has 0 aliphatic rings. The zero-order chi connectivity index (χ0) is 18.7. The molecule has 2 heteroatoms.